The number of ether oxygens (including phenoxy) is 1. The third-order valence-corrected chi connectivity index (χ3v) is 5.31. The van der Waals surface area contributed by atoms with E-state index in [0.717, 1.165) is 31.6 Å². The molecule has 3 rings (SSSR count). The number of nitrogens with zero attached hydrogens (tertiary/aromatic N) is 4. The van der Waals surface area contributed by atoms with E-state index in [1.54, 1.807) is 12.1 Å². The molecule has 0 aliphatic heterocycles. The zero-order valence-corrected chi connectivity index (χ0v) is 19.1. The molecular weight excluding hydrogens is 390 g/mol. The predicted octanol–water partition coefficient (Wildman–Crippen LogP) is 4.69. The first-order valence-corrected chi connectivity index (χ1v) is 10.9. The van der Waals surface area contributed by atoms with Crippen LogP contribution in [0.25, 0.3) is 16.7 Å². The fraction of sp³-hybridized carbons (Fsp3) is 0.458. The number of anilines is 2. The minimum absolute atomic E-state index is 0.314. The number of benzene rings is 2. The molecule has 0 amide bonds. The minimum Gasteiger partial charge on any atom is -0.465 e. The number of nitrogen functional groups attached to an aromatic ring is 1. The molecular formula is C24H33N5O2. The molecule has 0 aliphatic rings. The highest BCUT2D eigenvalue weighted by atomic mass is 16.5. The van der Waals surface area contributed by atoms with Gasteiger partial charge < -0.3 is 15.4 Å². The van der Waals surface area contributed by atoms with Crippen LogP contribution < -0.4 is 10.6 Å². The molecule has 7 nitrogen and oxygen atoms in total. The van der Waals surface area contributed by atoms with Crippen LogP contribution in [0.2, 0.25) is 0 Å². The molecule has 2 aromatic carbocycles. The van der Waals surface area contributed by atoms with Gasteiger partial charge >= 0.3 is 5.97 Å². The third-order valence-electron chi connectivity index (χ3n) is 5.31. The van der Waals surface area contributed by atoms with Crippen LogP contribution in [0.1, 0.15) is 50.9 Å². The molecule has 31 heavy (non-hydrogen) atoms. The van der Waals surface area contributed by atoms with Gasteiger partial charge in [0.25, 0.3) is 0 Å². The summed E-state index contributed by atoms with van der Waals surface area (Å²) in [6.07, 6.45) is 2.31. The van der Waals surface area contributed by atoms with Crippen molar-refractivity contribution in [3.05, 3.63) is 42.0 Å². The first kappa shape index (κ1) is 22.6. The van der Waals surface area contributed by atoms with Crippen molar-refractivity contribution >= 4 is 28.4 Å². The Balaban J connectivity index is 1.88. The van der Waals surface area contributed by atoms with Crippen molar-refractivity contribution < 1.29 is 9.53 Å². The van der Waals surface area contributed by atoms with Crippen molar-refractivity contribution in [1.29, 1.82) is 0 Å². The molecule has 3 aromatic rings. The fourth-order valence-corrected chi connectivity index (χ4v) is 3.42. The van der Waals surface area contributed by atoms with Gasteiger partial charge in [-0.2, -0.15) is 4.80 Å². The quantitative estimate of drug-likeness (QED) is 0.397. The van der Waals surface area contributed by atoms with Crippen LogP contribution in [-0.4, -0.2) is 41.2 Å². The molecule has 0 aliphatic carbocycles. The Hall–Kier alpha value is -3.09. The number of carbonyl (C=O) groups is 1. The SMILES string of the molecule is COC(=O)c1cc(N)cc2nn(-c3ccc(N(CCC(C)C)CCC(C)C)cc3)nc12. The Morgan fingerprint density at radius 1 is 1.03 bits per heavy atom. The van der Waals surface area contributed by atoms with E-state index in [4.69, 9.17) is 10.5 Å². The molecule has 1 aromatic heterocycles. The van der Waals surface area contributed by atoms with Crippen LogP contribution >= 0.6 is 0 Å². The Labute approximate surface area is 184 Å². The van der Waals surface area contributed by atoms with Gasteiger partial charge in [-0.15, -0.1) is 10.2 Å². The molecule has 166 valence electrons. The van der Waals surface area contributed by atoms with Gasteiger partial charge in [-0.05, 0) is 61.1 Å². The van der Waals surface area contributed by atoms with Crippen molar-refractivity contribution in [3.8, 4) is 5.69 Å². The van der Waals surface area contributed by atoms with Crippen molar-refractivity contribution in [2.24, 2.45) is 11.8 Å². The average molecular weight is 424 g/mol. The van der Waals surface area contributed by atoms with Gasteiger partial charge in [-0.25, -0.2) is 4.79 Å². The summed E-state index contributed by atoms with van der Waals surface area (Å²) in [5, 5.41) is 9.04. The number of aromatic nitrogens is 3. The van der Waals surface area contributed by atoms with Crippen LogP contribution in [0.4, 0.5) is 11.4 Å². The second-order valence-electron chi connectivity index (χ2n) is 8.79. The highest BCUT2D eigenvalue weighted by molar-refractivity contribution is 6.03. The molecule has 7 heteroatoms. The second-order valence-corrected chi connectivity index (χ2v) is 8.79. The van der Waals surface area contributed by atoms with Gasteiger partial charge in [-0.3, -0.25) is 0 Å². The number of rotatable bonds is 9. The first-order chi connectivity index (χ1) is 14.8. The maximum Gasteiger partial charge on any atom is 0.340 e. The number of nitrogens with two attached hydrogens (primary N) is 1. The van der Waals surface area contributed by atoms with Crippen LogP contribution in [-0.2, 0) is 4.74 Å². The van der Waals surface area contributed by atoms with E-state index >= 15 is 0 Å². The summed E-state index contributed by atoms with van der Waals surface area (Å²) >= 11 is 0. The molecule has 2 N–H and O–H groups in total. The smallest absolute Gasteiger partial charge is 0.340 e. The lowest BCUT2D eigenvalue weighted by atomic mass is 10.1. The average Bonchev–Trinajstić information content (AvgIpc) is 3.16. The largest absolute Gasteiger partial charge is 0.465 e. The van der Waals surface area contributed by atoms with Gasteiger partial charge in [0, 0.05) is 24.5 Å². The molecule has 0 unspecified atom stereocenters. The lowest BCUT2D eigenvalue weighted by molar-refractivity contribution is 0.0603. The Kier molecular flexibility index (Phi) is 7.15. The zero-order valence-electron chi connectivity index (χ0n) is 19.1. The molecule has 0 saturated carbocycles. The van der Waals surface area contributed by atoms with Crippen LogP contribution in [0.5, 0.6) is 0 Å². The van der Waals surface area contributed by atoms with Gasteiger partial charge in [-0.1, -0.05) is 27.7 Å². The summed E-state index contributed by atoms with van der Waals surface area (Å²) < 4.78 is 4.86. The summed E-state index contributed by atoms with van der Waals surface area (Å²) in [7, 11) is 1.34. The van der Waals surface area contributed by atoms with Crippen molar-refractivity contribution in [2.75, 3.05) is 30.8 Å². The molecule has 0 bridgehead atoms. The minimum atomic E-state index is -0.481. The number of esters is 1. The van der Waals surface area contributed by atoms with Crippen molar-refractivity contribution in [2.45, 2.75) is 40.5 Å². The molecule has 0 atom stereocenters. The Morgan fingerprint density at radius 2 is 1.65 bits per heavy atom. The van der Waals surface area contributed by atoms with E-state index in [-0.39, 0.29) is 0 Å². The zero-order chi connectivity index (χ0) is 22.5. The Bertz CT molecular complexity index is 1010. The lowest BCUT2D eigenvalue weighted by Gasteiger charge is -2.26. The number of hydrogen-bond acceptors (Lipinski definition) is 6. The normalized spacial score (nSPS) is 11.5. The van der Waals surface area contributed by atoms with Gasteiger partial charge in [0.1, 0.15) is 11.0 Å². The Morgan fingerprint density at radius 3 is 2.19 bits per heavy atom. The number of carbonyl (C=O) groups excluding carboxylic acids is 1. The molecule has 0 fully saturated rings. The predicted molar refractivity (Wildman–Crippen MR) is 126 cm³/mol. The van der Waals surface area contributed by atoms with E-state index in [2.05, 4.69) is 54.9 Å². The van der Waals surface area contributed by atoms with E-state index in [1.165, 1.54) is 17.6 Å². The maximum atomic E-state index is 12.1. The van der Waals surface area contributed by atoms with Gasteiger partial charge in [0.2, 0.25) is 0 Å². The highest BCUT2D eigenvalue weighted by Crippen LogP contribution is 2.23. The van der Waals surface area contributed by atoms with Gasteiger partial charge in [0.15, 0.2) is 0 Å². The van der Waals surface area contributed by atoms with Crippen LogP contribution in [0.3, 0.4) is 0 Å². The monoisotopic (exact) mass is 423 g/mol. The topological polar surface area (TPSA) is 86.3 Å². The lowest BCUT2D eigenvalue weighted by Crippen LogP contribution is -2.27. The van der Waals surface area contributed by atoms with E-state index in [9.17, 15) is 4.79 Å². The number of fused-ring (bicyclic) bond motifs is 1. The highest BCUT2D eigenvalue weighted by Gasteiger charge is 2.17. The summed E-state index contributed by atoms with van der Waals surface area (Å²) in [4.78, 5) is 16.1. The van der Waals surface area contributed by atoms with E-state index < -0.39 is 5.97 Å². The summed E-state index contributed by atoms with van der Waals surface area (Å²) in [5.41, 5.74) is 9.73. The van der Waals surface area contributed by atoms with Crippen LogP contribution in [0.15, 0.2) is 36.4 Å². The van der Waals surface area contributed by atoms with Crippen LogP contribution in [0, 0.1) is 11.8 Å². The first-order valence-electron chi connectivity index (χ1n) is 10.9. The standard InChI is InChI=1S/C24H33N5O2/c1-16(2)10-12-28(13-11-17(3)4)19-6-8-20(9-7-19)29-26-22-15-18(25)14-21(23(22)27-29)24(30)31-5/h6-9,14-17H,10-13,25H2,1-5H3. The van der Waals surface area contributed by atoms with E-state index in [1.807, 2.05) is 12.1 Å². The summed E-state index contributed by atoms with van der Waals surface area (Å²) in [6.45, 7) is 11.1. The van der Waals surface area contributed by atoms with Gasteiger partial charge in [0.05, 0.1) is 18.4 Å². The number of methoxy groups -OCH3 is 1. The molecule has 0 radical (unpaired) electrons. The fourth-order valence-electron chi connectivity index (χ4n) is 3.42. The molecule has 0 saturated heterocycles. The maximum absolute atomic E-state index is 12.1. The summed E-state index contributed by atoms with van der Waals surface area (Å²) in [6, 6.07) is 11.5. The number of hydrogen-bond donors (Lipinski definition) is 1. The summed E-state index contributed by atoms with van der Waals surface area (Å²) in [5.74, 6) is 0.849. The molecule has 1 heterocycles. The van der Waals surface area contributed by atoms with E-state index in [0.29, 0.717) is 34.1 Å². The second kappa shape index (κ2) is 9.81. The van der Waals surface area contributed by atoms with Crippen molar-refractivity contribution in [1.82, 2.24) is 15.0 Å². The van der Waals surface area contributed by atoms with Crippen molar-refractivity contribution in [3.63, 3.8) is 0 Å². The molecule has 0 spiro atoms. The third kappa shape index (κ3) is 5.54.